The first-order valence-corrected chi connectivity index (χ1v) is 9.24. The van der Waals surface area contributed by atoms with Crippen molar-refractivity contribution in [1.82, 2.24) is 4.90 Å². The maximum absolute atomic E-state index is 11.5. The summed E-state index contributed by atoms with van der Waals surface area (Å²) in [5, 5.41) is 0. The minimum Gasteiger partial charge on any atom is -0.491 e. The van der Waals surface area contributed by atoms with Gasteiger partial charge in [0.2, 0.25) is 0 Å². The predicted octanol–water partition coefficient (Wildman–Crippen LogP) is 2.09. The maximum atomic E-state index is 11.5. The van der Waals surface area contributed by atoms with E-state index in [4.69, 9.17) is 20.2 Å². The number of ether oxygens (including phenoxy) is 2. The second-order valence-corrected chi connectivity index (χ2v) is 7.78. The summed E-state index contributed by atoms with van der Waals surface area (Å²) in [6.07, 6.45) is 0. The van der Waals surface area contributed by atoms with Crippen molar-refractivity contribution in [3.63, 3.8) is 0 Å². The molecule has 1 saturated heterocycles. The minimum atomic E-state index is -3.83. The normalized spacial score (nSPS) is 17.1. The molecule has 0 radical (unpaired) electrons. The minimum absolute atomic E-state index is 0.0180. The maximum Gasteiger partial charge on any atom is 0.265 e. The van der Waals surface area contributed by atoms with Crippen molar-refractivity contribution in [3.8, 4) is 5.75 Å². The van der Waals surface area contributed by atoms with Crippen molar-refractivity contribution >= 4 is 35.7 Å². The Balaban J connectivity index is 1.98. The number of nitrogens with zero attached hydrogens (tertiary/aromatic N) is 1. The molecule has 112 valence electrons. The van der Waals surface area contributed by atoms with Crippen LogP contribution in [-0.2, 0) is 13.8 Å². The number of rotatable bonds is 5. The molecule has 1 aliphatic rings. The lowest BCUT2D eigenvalue weighted by molar-refractivity contribution is 0.0321. The molecule has 1 aromatic rings. The Morgan fingerprint density at radius 3 is 2.70 bits per heavy atom. The van der Waals surface area contributed by atoms with Gasteiger partial charge in [-0.3, -0.25) is 4.90 Å². The van der Waals surface area contributed by atoms with E-state index in [1.54, 1.807) is 12.1 Å². The fourth-order valence-corrected chi connectivity index (χ4v) is 3.41. The lowest BCUT2D eigenvalue weighted by Gasteiger charge is -2.26. The largest absolute Gasteiger partial charge is 0.491 e. The predicted molar refractivity (Wildman–Crippen MR) is 79.9 cm³/mol. The quantitative estimate of drug-likeness (QED) is 0.728. The van der Waals surface area contributed by atoms with Crippen molar-refractivity contribution in [2.75, 3.05) is 39.5 Å². The molecule has 20 heavy (non-hydrogen) atoms. The van der Waals surface area contributed by atoms with Crippen LogP contribution in [0.4, 0.5) is 0 Å². The molecule has 0 saturated carbocycles. The third-order valence-corrected chi connectivity index (χ3v) is 4.77. The van der Waals surface area contributed by atoms with Gasteiger partial charge in [-0.2, -0.15) is 0 Å². The highest BCUT2D eigenvalue weighted by Crippen LogP contribution is 2.29. The Morgan fingerprint density at radius 2 is 2.05 bits per heavy atom. The summed E-state index contributed by atoms with van der Waals surface area (Å²) in [5.74, 6) is 0.274. The number of hydrogen-bond donors (Lipinski definition) is 0. The van der Waals surface area contributed by atoms with E-state index in [1.807, 2.05) is 0 Å². The van der Waals surface area contributed by atoms with Crippen molar-refractivity contribution in [3.05, 3.63) is 22.7 Å². The van der Waals surface area contributed by atoms with Gasteiger partial charge in [0, 0.05) is 34.8 Å². The molecule has 1 aromatic carbocycles. The summed E-state index contributed by atoms with van der Waals surface area (Å²) < 4.78 is 34.5. The molecule has 2 rings (SSSR count). The van der Waals surface area contributed by atoms with Gasteiger partial charge in [-0.25, -0.2) is 8.42 Å². The molecule has 0 N–H and O–H groups in total. The van der Waals surface area contributed by atoms with Gasteiger partial charge >= 0.3 is 0 Å². The van der Waals surface area contributed by atoms with E-state index in [-0.39, 0.29) is 10.6 Å². The van der Waals surface area contributed by atoms with E-state index < -0.39 is 9.05 Å². The van der Waals surface area contributed by atoms with Crippen molar-refractivity contribution in [1.29, 1.82) is 0 Å². The first-order valence-electron chi connectivity index (χ1n) is 6.14. The topological polar surface area (TPSA) is 55.8 Å². The van der Waals surface area contributed by atoms with Gasteiger partial charge in [0.05, 0.1) is 13.2 Å². The van der Waals surface area contributed by atoms with E-state index in [0.717, 1.165) is 32.8 Å². The van der Waals surface area contributed by atoms with Crippen LogP contribution < -0.4 is 4.74 Å². The Bertz CT molecular complexity index is 561. The number of morpholine rings is 1. The van der Waals surface area contributed by atoms with Gasteiger partial charge in [0.1, 0.15) is 17.3 Å². The van der Waals surface area contributed by atoms with Crippen LogP contribution >= 0.6 is 26.6 Å². The fourth-order valence-electron chi connectivity index (χ4n) is 1.90. The van der Waals surface area contributed by atoms with Crippen LogP contribution in [0.1, 0.15) is 0 Å². The molecule has 0 bridgehead atoms. The molecule has 1 fully saturated rings. The van der Waals surface area contributed by atoms with Gasteiger partial charge in [-0.15, -0.1) is 0 Å². The molecule has 0 aliphatic carbocycles. The summed E-state index contributed by atoms with van der Waals surface area (Å²) in [6, 6.07) is 4.75. The highest BCUT2D eigenvalue weighted by Gasteiger charge is 2.18. The Kier molecular flexibility index (Phi) is 5.68. The third kappa shape index (κ3) is 4.60. The van der Waals surface area contributed by atoms with Gasteiger partial charge < -0.3 is 9.47 Å². The molecular formula is C12H15BrClNO4S. The summed E-state index contributed by atoms with van der Waals surface area (Å²) >= 11 is 3.22. The highest BCUT2D eigenvalue weighted by atomic mass is 79.9. The standard InChI is InChI=1S/C12H15BrClNO4S/c13-10-1-2-11(12(9-10)20(14,16)17)19-8-5-15-3-6-18-7-4-15/h1-2,9H,3-8H2. The zero-order valence-electron chi connectivity index (χ0n) is 10.7. The number of benzene rings is 1. The molecular weight excluding hydrogens is 370 g/mol. The fraction of sp³-hybridized carbons (Fsp3) is 0.500. The van der Waals surface area contributed by atoms with E-state index in [9.17, 15) is 8.42 Å². The Hall–Kier alpha value is -0.340. The van der Waals surface area contributed by atoms with Gasteiger partial charge in [-0.05, 0) is 18.2 Å². The first kappa shape index (κ1) is 16.0. The van der Waals surface area contributed by atoms with Crippen LogP contribution in [0, 0.1) is 0 Å². The molecule has 5 nitrogen and oxygen atoms in total. The molecule has 0 atom stereocenters. The van der Waals surface area contributed by atoms with Crippen molar-refractivity contribution in [2.45, 2.75) is 4.90 Å². The molecule has 1 heterocycles. The summed E-state index contributed by atoms with van der Waals surface area (Å²) in [5.41, 5.74) is 0. The van der Waals surface area contributed by atoms with Gasteiger partial charge in [0.15, 0.2) is 0 Å². The lowest BCUT2D eigenvalue weighted by Crippen LogP contribution is -2.38. The summed E-state index contributed by atoms with van der Waals surface area (Å²) in [6.45, 7) is 4.30. The van der Waals surface area contributed by atoms with Crippen LogP contribution in [-0.4, -0.2) is 52.8 Å². The highest BCUT2D eigenvalue weighted by molar-refractivity contribution is 9.10. The van der Waals surface area contributed by atoms with Crippen molar-refractivity contribution < 1.29 is 17.9 Å². The molecule has 0 unspecified atom stereocenters. The molecule has 0 amide bonds. The zero-order valence-corrected chi connectivity index (χ0v) is 13.9. The van der Waals surface area contributed by atoms with Crippen LogP contribution in [0.25, 0.3) is 0 Å². The number of halogens is 2. The summed E-state index contributed by atoms with van der Waals surface area (Å²) in [4.78, 5) is 2.19. The van der Waals surface area contributed by atoms with Crippen LogP contribution in [0.2, 0.25) is 0 Å². The van der Waals surface area contributed by atoms with E-state index in [0.29, 0.717) is 11.1 Å². The molecule has 0 spiro atoms. The second-order valence-electron chi connectivity index (χ2n) is 4.33. The smallest absolute Gasteiger partial charge is 0.265 e. The van der Waals surface area contributed by atoms with Crippen LogP contribution in [0.3, 0.4) is 0 Å². The summed E-state index contributed by atoms with van der Waals surface area (Å²) in [7, 11) is 1.58. The number of hydrogen-bond acceptors (Lipinski definition) is 5. The van der Waals surface area contributed by atoms with Gasteiger partial charge in [-0.1, -0.05) is 15.9 Å². The lowest BCUT2D eigenvalue weighted by atomic mass is 10.3. The monoisotopic (exact) mass is 383 g/mol. The average Bonchev–Trinajstić information content (AvgIpc) is 2.40. The third-order valence-electron chi connectivity index (χ3n) is 2.94. The van der Waals surface area contributed by atoms with Gasteiger partial charge in [0.25, 0.3) is 9.05 Å². The Labute approximate surface area is 131 Å². The molecule has 0 aromatic heterocycles. The average molecular weight is 385 g/mol. The van der Waals surface area contributed by atoms with E-state index >= 15 is 0 Å². The van der Waals surface area contributed by atoms with Crippen molar-refractivity contribution in [2.24, 2.45) is 0 Å². The molecule has 1 aliphatic heterocycles. The van der Waals surface area contributed by atoms with E-state index in [1.165, 1.54) is 6.07 Å². The second kappa shape index (κ2) is 7.09. The Morgan fingerprint density at radius 1 is 1.35 bits per heavy atom. The van der Waals surface area contributed by atoms with Crippen LogP contribution in [0.15, 0.2) is 27.6 Å². The first-order chi connectivity index (χ1) is 9.47. The molecule has 8 heteroatoms. The van der Waals surface area contributed by atoms with Crippen LogP contribution in [0.5, 0.6) is 5.75 Å². The zero-order chi connectivity index (χ0) is 14.6. The van der Waals surface area contributed by atoms with E-state index in [2.05, 4.69) is 20.8 Å². The SMILES string of the molecule is O=S(=O)(Cl)c1cc(Br)ccc1OCCN1CCOCC1.